The molecule has 18 heavy (non-hydrogen) atoms. The average Bonchev–Trinajstić information content (AvgIpc) is 2.43. The molecule has 0 aliphatic carbocycles. The number of hydrogen-bond acceptors (Lipinski definition) is 2. The van der Waals surface area contributed by atoms with Crippen molar-refractivity contribution in [2.24, 2.45) is 11.3 Å². The lowest BCUT2D eigenvalue weighted by Gasteiger charge is -2.37. The van der Waals surface area contributed by atoms with E-state index >= 15 is 0 Å². The highest BCUT2D eigenvalue weighted by Crippen LogP contribution is 2.29. The quantitative estimate of drug-likeness (QED) is 0.657. The zero-order valence-corrected chi connectivity index (χ0v) is 12.9. The maximum Gasteiger partial charge on any atom is 0.00200 e. The summed E-state index contributed by atoms with van der Waals surface area (Å²) in [7, 11) is 0. The maximum atomic E-state index is 3.77. The Labute approximate surface area is 114 Å². The van der Waals surface area contributed by atoms with E-state index in [0.717, 1.165) is 5.92 Å². The van der Waals surface area contributed by atoms with Crippen molar-refractivity contribution in [3.8, 4) is 0 Å². The summed E-state index contributed by atoms with van der Waals surface area (Å²) in [4.78, 5) is 0. The van der Waals surface area contributed by atoms with Gasteiger partial charge in [0.05, 0.1) is 0 Å². The maximum absolute atomic E-state index is 3.77. The molecule has 0 bridgehead atoms. The van der Waals surface area contributed by atoms with Gasteiger partial charge in [-0.3, -0.25) is 0 Å². The molecular weight excluding hydrogens is 220 g/mol. The Morgan fingerprint density at radius 2 is 2.11 bits per heavy atom. The standard InChI is InChI=1S/C16H34N2/c1-4-7-9-15(5-2)12-18-14-16(6-3)10-8-11-17-13-16/h15,17-18H,4-14H2,1-3H3. The molecule has 0 saturated carbocycles. The van der Waals surface area contributed by atoms with Gasteiger partial charge in [0, 0.05) is 13.1 Å². The summed E-state index contributed by atoms with van der Waals surface area (Å²) < 4.78 is 0. The first-order valence-corrected chi connectivity index (χ1v) is 8.17. The Kier molecular flexibility index (Phi) is 7.92. The highest BCUT2D eigenvalue weighted by molar-refractivity contribution is 4.86. The molecule has 2 atom stereocenters. The number of unbranched alkanes of at least 4 members (excludes halogenated alkanes) is 1. The first kappa shape index (κ1) is 16.0. The molecule has 0 spiro atoms. The second kappa shape index (κ2) is 8.92. The van der Waals surface area contributed by atoms with Crippen molar-refractivity contribution in [3.63, 3.8) is 0 Å². The second-order valence-corrected chi connectivity index (χ2v) is 6.18. The van der Waals surface area contributed by atoms with Crippen LogP contribution in [0.15, 0.2) is 0 Å². The van der Waals surface area contributed by atoms with Crippen LogP contribution in [0.25, 0.3) is 0 Å². The molecule has 1 heterocycles. The largest absolute Gasteiger partial charge is 0.316 e. The lowest BCUT2D eigenvalue weighted by atomic mass is 9.78. The third-order valence-electron chi connectivity index (χ3n) is 4.79. The molecule has 0 aromatic rings. The molecule has 2 N–H and O–H groups in total. The van der Waals surface area contributed by atoms with Crippen LogP contribution >= 0.6 is 0 Å². The molecular formula is C16H34N2. The summed E-state index contributed by atoms with van der Waals surface area (Å²) in [6.45, 7) is 11.8. The van der Waals surface area contributed by atoms with Gasteiger partial charge in [-0.15, -0.1) is 0 Å². The van der Waals surface area contributed by atoms with E-state index in [-0.39, 0.29) is 0 Å². The zero-order valence-electron chi connectivity index (χ0n) is 12.9. The van der Waals surface area contributed by atoms with E-state index in [9.17, 15) is 0 Å². The molecule has 2 heteroatoms. The smallest absolute Gasteiger partial charge is 0.00200 e. The Hall–Kier alpha value is -0.0800. The van der Waals surface area contributed by atoms with E-state index in [4.69, 9.17) is 0 Å². The number of rotatable bonds is 9. The van der Waals surface area contributed by atoms with Crippen LogP contribution in [0.5, 0.6) is 0 Å². The normalized spacial score (nSPS) is 26.2. The van der Waals surface area contributed by atoms with Crippen molar-refractivity contribution in [1.29, 1.82) is 0 Å². The first-order valence-electron chi connectivity index (χ1n) is 8.17. The summed E-state index contributed by atoms with van der Waals surface area (Å²) >= 11 is 0. The van der Waals surface area contributed by atoms with Gasteiger partial charge in [0.2, 0.25) is 0 Å². The number of piperidine rings is 1. The predicted molar refractivity (Wildman–Crippen MR) is 81.0 cm³/mol. The van der Waals surface area contributed by atoms with Crippen molar-refractivity contribution < 1.29 is 0 Å². The fourth-order valence-electron chi connectivity index (χ4n) is 3.09. The van der Waals surface area contributed by atoms with Crippen LogP contribution in [0.1, 0.15) is 65.7 Å². The molecule has 108 valence electrons. The molecule has 1 aliphatic heterocycles. The molecule has 0 radical (unpaired) electrons. The van der Waals surface area contributed by atoms with E-state index in [1.54, 1.807) is 0 Å². The highest BCUT2D eigenvalue weighted by Gasteiger charge is 2.29. The minimum atomic E-state index is 0.529. The van der Waals surface area contributed by atoms with Gasteiger partial charge in [-0.25, -0.2) is 0 Å². The van der Waals surface area contributed by atoms with Crippen molar-refractivity contribution >= 4 is 0 Å². The second-order valence-electron chi connectivity index (χ2n) is 6.18. The van der Waals surface area contributed by atoms with Crippen molar-refractivity contribution in [1.82, 2.24) is 10.6 Å². The lowest BCUT2D eigenvalue weighted by Crippen LogP contribution is -2.46. The van der Waals surface area contributed by atoms with Gasteiger partial charge in [0.1, 0.15) is 0 Å². The third-order valence-corrected chi connectivity index (χ3v) is 4.79. The van der Waals surface area contributed by atoms with Gasteiger partial charge >= 0.3 is 0 Å². The van der Waals surface area contributed by atoms with Crippen LogP contribution in [0.2, 0.25) is 0 Å². The first-order chi connectivity index (χ1) is 8.76. The van der Waals surface area contributed by atoms with E-state index in [1.165, 1.54) is 71.1 Å². The SMILES string of the molecule is CCCCC(CC)CNCC1(CC)CCCNC1. The number of hydrogen-bond donors (Lipinski definition) is 2. The van der Waals surface area contributed by atoms with Crippen LogP contribution in [-0.2, 0) is 0 Å². The van der Waals surface area contributed by atoms with E-state index < -0.39 is 0 Å². The summed E-state index contributed by atoms with van der Waals surface area (Å²) in [5, 5.41) is 7.34. The van der Waals surface area contributed by atoms with Gasteiger partial charge in [0.25, 0.3) is 0 Å². The monoisotopic (exact) mass is 254 g/mol. The van der Waals surface area contributed by atoms with Crippen molar-refractivity contribution in [2.45, 2.75) is 65.7 Å². The van der Waals surface area contributed by atoms with Gasteiger partial charge in [-0.2, -0.15) is 0 Å². The van der Waals surface area contributed by atoms with Gasteiger partial charge in [0.15, 0.2) is 0 Å². The summed E-state index contributed by atoms with van der Waals surface area (Å²) in [5.41, 5.74) is 0.529. The van der Waals surface area contributed by atoms with Gasteiger partial charge in [-0.1, -0.05) is 40.0 Å². The van der Waals surface area contributed by atoms with Gasteiger partial charge in [-0.05, 0) is 50.1 Å². The predicted octanol–water partition coefficient (Wildman–Crippen LogP) is 3.57. The zero-order chi connectivity index (χ0) is 13.3. The topological polar surface area (TPSA) is 24.1 Å². The third kappa shape index (κ3) is 5.27. The molecule has 2 nitrogen and oxygen atoms in total. The van der Waals surface area contributed by atoms with Crippen LogP contribution in [-0.4, -0.2) is 26.2 Å². The molecule has 0 aromatic heterocycles. The van der Waals surface area contributed by atoms with E-state index in [1.807, 2.05) is 0 Å². The molecule has 0 amide bonds. The van der Waals surface area contributed by atoms with E-state index in [0.29, 0.717) is 5.41 Å². The van der Waals surface area contributed by atoms with Crippen LogP contribution in [0.3, 0.4) is 0 Å². The summed E-state index contributed by atoms with van der Waals surface area (Å²) in [6.07, 6.45) is 9.50. The minimum Gasteiger partial charge on any atom is -0.316 e. The molecule has 1 rings (SSSR count). The highest BCUT2D eigenvalue weighted by atomic mass is 14.9. The van der Waals surface area contributed by atoms with Crippen molar-refractivity contribution in [3.05, 3.63) is 0 Å². The Balaban J connectivity index is 2.24. The molecule has 0 aromatic carbocycles. The Bertz CT molecular complexity index is 197. The minimum absolute atomic E-state index is 0.529. The summed E-state index contributed by atoms with van der Waals surface area (Å²) in [5.74, 6) is 0.885. The molecule has 1 aliphatic rings. The molecule has 1 fully saturated rings. The molecule has 1 saturated heterocycles. The average molecular weight is 254 g/mol. The Morgan fingerprint density at radius 1 is 1.28 bits per heavy atom. The lowest BCUT2D eigenvalue weighted by molar-refractivity contribution is 0.188. The Morgan fingerprint density at radius 3 is 2.67 bits per heavy atom. The molecule has 2 unspecified atom stereocenters. The van der Waals surface area contributed by atoms with Gasteiger partial charge < -0.3 is 10.6 Å². The van der Waals surface area contributed by atoms with Crippen LogP contribution in [0, 0.1) is 11.3 Å². The summed E-state index contributed by atoms with van der Waals surface area (Å²) in [6, 6.07) is 0. The number of nitrogens with one attached hydrogen (secondary N) is 2. The van der Waals surface area contributed by atoms with E-state index in [2.05, 4.69) is 31.4 Å². The fraction of sp³-hybridized carbons (Fsp3) is 1.00. The van der Waals surface area contributed by atoms with Crippen LogP contribution < -0.4 is 10.6 Å². The van der Waals surface area contributed by atoms with Crippen LogP contribution in [0.4, 0.5) is 0 Å². The fourth-order valence-corrected chi connectivity index (χ4v) is 3.09. The van der Waals surface area contributed by atoms with Crippen molar-refractivity contribution in [2.75, 3.05) is 26.2 Å².